The number of carbonyl (C=O) groups is 1. The Labute approximate surface area is 119 Å². The normalized spacial score (nSPS) is 10.9. The first-order valence-corrected chi connectivity index (χ1v) is 7.68. The van der Waals surface area contributed by atoms with Gasteiger partial charge in [0.25, 0.3) is 0 Å². The van der Waals surface area contributed by atoms with Gasteiger partial charge < -0.3 is 0 Å². The van der Waals surface area contributed by atoms with Crippen molar-refractivity contribution in [1.82, 2.24) is 0 Å². The van der Waals surface area contributed by atoms with E-state index in [-0.39, 0.29) is 5.78 Å². The molecule has 0 bridgehead atoms. The summed E-state index contributed by atoms with van der Waals surface area (Å²) in [4.78, 5) is 13.2. The zero-order valence-electron chi connectivity index (χ0n) is 11.8. The Morgan fingerprint density at radius 2 is 1.84 bits per heavy atom. The summed E-state index contributed by atoms with van der Waals surface area (Å²) in [6, 6.07) is 10.5. The van der Waals surface area contributed by atoms with Crippen LogP contribution in [0.5, 0.6) is 0 Å². The third-order valence-corrected chi connectivity index (χ3v) is 4.39. The van der Waals surface area contributed by atoms with Crippen LogP contribution in [-0.4, -0.2) is 5.78 Å². The van der Waals surface area contributed by atoms with Gasteiger partial charge in [-0.1, -0.05) is 45.0 Å². The van der Waals surface area contributed by atoms with Gasteiger partial charge in [-0.15, -0.1) is 11.3 Å². The van der Waals surface area contributed by atoms with Crippen molar-refractivity contribution >= 4 is 17.1 Å². The highest BCUT2D eigenvalue weighted by molar-refractivity contribution is 7.12. The summed E-state index contributed by atoms with van der Waals surface area (Å²) in [5.74, 6) is 0.776. The minimum absolute atomic E-state index is 0.240. The van der Waals surface area contributed by atoms with E-state index >= 15 is 0 Å². The van der Waals surface area contributed by atoms with Crippen LogP contribution >= 0.6 is 11.3 Å². The molecule has 0 spiro atoms. The quantitative estimate of drug-likeness (QED) is 0.710. The number of hydrogen-bond acceptors (Lipinski definition) is 2. The van der Waals surface area contributed by atoms with E-state index in [0.717, 1.165) is 16.9 Å². The van der Waals surface area contributed by atoms with Crippen molar-refractivity contribution in [3.8, 4) is 0 Å². The number of thiophene rings is 1. The summed E-state index contributed by atoms with van der Waals surface area (Å²) >= 11 is 1.56. The van der Waals surface area contributed by atoms with Crippen molar-refractivity contribution in [3.63, 3.8) is 0 Å². The average Bonchev–Trinajstić information content (AvgIpc) is 2.87. The molecule has 0 aliphatic carbocycles. The maximum Gasteiger partial charge on any atom is 0.177 e. The molecular formula is C17H20OS. The number of aryl methyl sites for hydroxylation is 1. The molecule has 0 atom stereocenters. The van der Waals surface area contributed by atoms with E-state index in [4.69, 9.17) is 0 Å². The largest absolute Gasteiger partial charge is 0.293 e. The zero-order valence-corrected chi connectivity index (χ0v) is 12.6. The lowest BCUT2D eigenvalue weighted by Gasteiger charge is -2.06. The molecule has 0 unspecified atom stereocenters. The maximum absolute atomic E-state index is 12.3. The van der Waals surface area contributed by atoms with Gasteiger partial charge >= 0.3 is 0 Å². The molecule has 1 nitrogen and oxygen atoms in total. The minimum atomic E-state index is 0.240. The molecule has 0 aliphatic rings. The van der Waals surface area contributed by atoms with Crippen molar-refractivity contribution in [3.05, 3.63) is 57.3 Å². The van der Waals surface area contributed by atoms with E-state index in [1.165, 1.54) is 11.1 Å². The Balaban J connectivity index is 2.11. The molecule has 2 rings (SSSR count). The fourth-order valence-corrected chi connectivity index (χ4v) is 3.08. The second-order valence-electron chi connectivity index (χ2n) is 5.12. The monoisotopic (exact) mass is 272 g/mol. The number of carbonyl (C=O) groups excluding carboxylic acids is 1. The first kappa shape index (κ1) is 14.0. The SMILES string of the molecule is CCc1ccsc1C(=O)Cc1ccc(C(C)C)cc1. The lowest BCUT2D eigenvalue weighted by atomic mass is 9.99. The molecule has 0 saturated carbocycles. The fourth-order valence-electron chi connectivity index (χ4n) is 2.14. The molecule has 1 aromatic heterocycles. The van der Waals surface area contributed by atoms with Crippen LogP contribution in [0.2, 0.25) is 0 Å². The van der Waals surface area contributed by atoms with Crippen LogP contribution in [0.1, 0.15) is 53.1 Å². The van der Waals surface area contributed by atoms with Crippen LogP contribution in [-0.2, 0) is 12.8 Å². The number of Topliss-reactive ketones (excluding diaryl/α,β-unsaturated/α-hetero) is 1. The van der Waals surface area contributed by atoms with Crippen LogP contribution < -0.4 is 0 Å². The van der Waals surface area contributed by atoms with E-state index in [2.05, 4.69) is 51.1 Å². The molecule has 0 radical (unpaired) electrons. The van der Waals surface area contributed by atoms with Gasteiger partial charge in [0.2, 0.25) is 0 Å². The number of benzene rings is 1. The van der Waals surface area contributed by atoms with Gasteiger partial charge in [0.1, 0.15) is 0 Å². The topological polar surface area (TPSA) is 17.1 Å². The van der Waals surface area contributed by atoms with E-state index in [9.17, 15) is 4.79 Å². The van der Waals surface area contributed by atoms with Gasteiger partial charge in [0, 0.05) is 6.42 Å². The molecule has 0 aliphatic heterocycles. The van der Waals surface area contributed by atoms with Crippen LogP contribution in [0.3, 0.4) is 0 Å². The lowest BCUT2D eigenvalue weighted by molar-refractivity contribution is 0.0996. The number of rotatable bonds is 5. The molecule has 0 saturated heterocycles. The van der Waals surface area contributed by atoms with Crippen molar-refractivity contribution < 1.29 is 4.79 Å². The highest BCUT2D eigenvalue weighted by Crippen LogP contribution is 2.21. The molecule has 0 fully saturated rings. The summed E-state index contributed by atoms with van der Waals surface area (Å²) in [6.45, 7) is 6.45. The summed E-state index contributed by atoms with van der Waals surface area (Å²) in [5, 5.41) is 2.01. The molecule has 19 heavy (non-hydrogen) atoms. The summed E-state index contributed by atoms with van der Waals surface area (Å²) in [6.07, 6.45) is 1.43. The van der Waals surface area contributed by atoms with Crippen LogP contribution in [0.25, 0.3) is 0 Å². The number of ketones is 1. The van der Waals surface area contributed by atoms with Crippen LogP contribution in [0.4, 0.5) is 0 Å². The first-order valence-electron chi connectivity index (χ1n) is 6.80. The van der Waals surface area contributed by atoms with Gasteiger partial charge in [-0.05, 0) is 40.5 Å². The minimum Gasteiger partial charge on any atom is -0.293 e. The van der Waals surface area contributed by atoms with Gasteiger partial charge in [0.15, 0.2) is 5.78 Å². The van der Waals surface area contributed by atoms with Gasteiger partial charge in [-0.3, -0.25) is 4.79 Å². The first-order chi connectivity index (χ1) is 9.11. The van der Waals surface area contributed by atoms with Gasteiger partial charge in [0.05, 0.1) is 4.88 Å². The molecule has 0 N–H and O–H groups in total. The van der Waals surface area contributed by atoms with Crippen LogP contribution in [0, 0.1) is 0 Å². The van der Waals surface area contributed by atoms with Gasteiger partial charge in [-0.2, -0.15) is 0 Å². The Kier molecular flexibility index (Phi) is 4.54. The molecule has 1 aromatic carbocycles. The maximum atomic E-state index is 12.3. The van der Waals surface area contributed by atoms with Crippen molar-refractivity contribution in [1.29, 1.82) is 0 Å². The second kappa shape index (κ2) is 6.16. The van der Waals surface area contributed by atoms with E-state index in [1.54, 1.807) is 11.3 Å². The van der Waals surface area contributed by atoms with E-state index in [0.29, 0.717) is 12.3 Å². The predicted molar refractivity (Wildman–Crippen MR) is 82.3 cm³/mol. The smallest absolute Gasteiger partial charge is 0.177 e. The van der Waals surface area contributed by atoms with Crippen molar-refractivity contribution in [2.45, 2.75) is 39.5 Å². The molecule has 100 valence electrons. The highest BCUT2D eigenvalue weighted by atomic mass is 32.1. The second-order valence-corrected chi connectivity index (χ2v) is 6.04. The number of hydrogen-bond donors (Lipinski definition) is 0. The van der Waals surface area contributed by atoms with E-state index < -0.39 is 0 Å². The molecule has 0 amide bonds. The Hall–Kier alpha value is -1.41. The molecule has 1 heterocycles. The predicted octanol–water partition coefficient (Wildman–Crippen LogP) is 4.86. The third kappa shape index (κ3) is 3.32. The van der Waals surface area contributed by atoms with Crippen molar-refractivity contribution in [2.75, 3.05) is 0 Å². The molecule has 2 aromatic rings. The zero-order chi connectivity index (χ0) is 13.8. The standard InChI is InChI=1S/C17H20OS/c1-4-14-9-10-19-17(14)16(18)11-13-5-7-15(8-6-13)12(2)3/h5-10,12H,4,11H2,1-3H3. The van der Waals surface area contributed by atoms with Crippen LogP contribution in [0.15, 0.2) is 35.7 Å². The van der Waals surface area contributed by atoms with Crippen molar-refractivity contribution in [2.24, 2.45) is 0 Å². The summed E-state index contributed by atoms with van der Waals surface area (Å²) in [5.41, 5.74) is 3.60. The Bertz CT molecular complexity index is 549. The summed E-state index contributed by atoms with van der Waals surface area (Å²) in [7, 11) is 0. The molecule has 2 heteroatoms. The average molecular weight is 272 g/mol. The van der Waals surface area contributed by atoms with E-state index in [1.807, 2.05) is 5.38 Å². The summed E-state index contributed by atoms with van der Waals surface area (Å²) < 4.78 is 0. The highest BCUT2D eigenvalue weighted by Gasteiger charge is 2.12. The lowest BCUT2D eigenvalue weighted by Crippen LogP contribution is -2.04. The Morgan fingerprint density at radius 1 is 1.16 bits per heavy atom. The van der Waals surface area contributed by atoms with Gasteiger partial charge in [-0.25, -0.2) is 0 Å². The Morgan fingerprint density at radius 3 is 2.42 bits per heavy atom. The third-order valence-electron chi connectivity index (χ3n) is 3.39. The fraction of sp³-hybridized carbons (Fsp3) is 0.353. The molecular weight excluding hydrogens is 252 g/mol.